The van der Waals surface area contributed by atoms with E-state index in [2.05, 4.69) is 134 Å². The minimum absolute atomic E-state index is 1.03. The first-order valence-corrected chi connectivity index (χ1v) is 10.6. The van der Waals surface area contributed by atoms with E-state index in [1.54, 1.807) is 0 Å². The van der Waals surface area contributed by atoms with Crippen molar-refractivity contribution in [1.82, 2.24) is 0 Å². The van der Waals surface area contributed by atoms with E-state index < -0.39 is 0 Å². The monoisotopic (exact) mass is 395 g/mol. The molecule has 0 aliphatic rings. The van der Waals surface area contributed by atoms with E-state index in [1.165, 1.54) is 44.5 Å². The Bertz CT molecular complexity index is 1290. The van der Waals surface area contributed by atoms with Gasteiger partial charge < -0.3 is 0 Å². The molecule has 5 aromatic rings. The minimum atomic E-state index is 1.03. The minimum Gasteiger partial charge on any atom is -0.0622 e. The van der Waals surface area contributed by atoms with Crippen LogP contribution in [0.2, 0.25) is 0 Å². The Balaban J connectivity index is 1.95. The molecular weight excluding hydrogens is 372 g/mol. The van der Waals surface area contributed by atoms with E-state index >= 15 is 0 Å². The van der Waals surface area contributed by atoms with Gasteiger partial charge in [-0.15, -0.1) is 0 Å². The first kappa shape index (κ1) is 19.1. The first-order valence-electron chi connectivity index (χ1n) is 10.6. The molecule has 31 heavy (non-hydrogen) atoms. The predicted molar refractivity (Wildman–Crippen MR) is 133 cm³/mol. The van der Waals surface area contributed by atoms with Gasteiger partial charge in [-0.2, -0.15) is 0 Å². The Labute approximate surface area is 184 Å². The lowest BCUT2D eigenvalue weighted by Crippen LogP contribution is -1.97. The van der Waals surface area contributed by atoms with E-state index in [9.17, 15) is 0 Å². The summed E-state index contributed by atoms with van der Waals surface area (Å²) in [7, 11) is 0. The molecular formula is C31H23. The normalized spacial score (nSPS) is 10.7. The van der Waals surface area contributed by atoms with Crippen LogP contribution < -0.4 is 0 Å². The second-order valence-electron chi connectivity index (χ2n) is 7.67. The van der Waals surface area contributed by atoms with Crippen LogP contribution in [-0.2, 0) is 0 Å². The van der Waals surface area contributed by atoms with Gasteiger partial charge in [-0.1, -0.05) is 121 Å². The summed E-state index contributed by atoms with van der Waals surface area (Å²) < 4.78 is 0. The third-order valence-corrected chi connectivity index (χ3v) is 5.68. The van der Waals surface area contributed by atoms with Crippen LogP contribution in [0.4, 0.5) is 0 Å². The largest absolute Gasteiger partial charge is 0.0622 e. The van der Waals surface area contributed by atoms with Crippen LogP contribution in [0.15, 0.2) is 127 Å². The van der Waals surface area contributed by atoms with E-state index in [4.69, 9.17) is 0 Å². The Morgan fingerprint density at radius 3 is 1.16 bits per heavy atom. The summed E-state index contributed by atoms with van der Waals surface area (Å²) in [5, 5.41) is 0. The van der Waals surface area contributed by atoms with Crippen LogP contribution in [0.3, 0.4) is 0 Å². The Morgan fingerprint density at radius 1 is 0.355 bits per heavy atom. The molecule has 5 rings (SSSR count). The van der Waals surface area contributed by atoms with Crippen LogP contribution in [0.25, 0.3) is 44.5 Å². The van der Waals surface area contributed by atoms with Crippen LogP contribution in [0, 0.1) is 6.92 Å². The third-order valence-electron chi connectivity index (χ3n) is 5.68. The predicted octanol–water partition coefficient (Wildman–Crippen LogP) is 8.54. The third kappa shape index (κ3) is 3.69. The molecule has 0 amide bonds. The van der Waals surface area contributed by atoms with Crippen molar-refractivity contribution >= 4 is 0 Å². The van der Waals surface area contributed by atoms with Crippen molar-refractivity contribution in [3.8, 4) is 44.5 Å². The zero-order chi connectivity index (χ0) is 21.0. The van der Waals surface area contributed by atoms with Gasteiger partial charge in [0.2, 0.25) is 0 Å². The highest BCUT2D eigenvalue weighted by atomic mass is 14.2. The molecule has 147 valence electrons. The summed E-state index contributed by atoms with van der Waals surface area (Å²) in [6.45, 7) is 4.50. The summed E-state index contributed by atoms with van der Waals surface area (Å²) in [5.41, 5.74) is 10.7. The molecule has 0 saturated heterocycles. The average molecular weight is 396 g/mol. The van der Waals surface area contributed by atoms with E-state index in [0.717, 1.165) is 5.56 Å². The Morgan fingerprint density at radius 2 is 0.710 bits per heavy atom. The lowest BCUT2D eigenvalue weighted by Gasteiger charge is -2.23. The molecule has 0 nitrogen and oxygen atoms in total. The fraction of sp³-hybridized carbons (Fsp3) is 0. The van der Waals surface area contributed by atoms with Crippen molar-refractivity contribution in [1.29, 1.82) is 0 Å². The highest BCUT2D eigenvalue weighted by Gasteiger charge is 2.21. The summed E-state index contributed by atoms with van der Waals surface area (Å²) in [6.07, 6.45) is 0. The topological polar surface area (TPSA) is 0 Å². The second kappa shape index (κ2) is 8.45. The molecule has 0 heteroatoms. The molecule has 0 unspecified atom stereocenters. The molecule has 0 aliphatic heterocycles. The van der Waals surface area contributed by atoms with Crippen LogP contribution >= 0.6 is 0 Å². The highest BCUT2D eigenvalue weighted by molar-refractivity contribution is 6.03. The zero-order valence-electron chi connectivity index (χ0n) is 17.3. The van der Waals surface area contributed by atoms with Crippen molar-refractivity contribution in [3.63, 3.8) is 0 Å². The van der Waals surface area contributed by atoms with Gasteiger partial charge >= 0.3 is 0 Å². The number of hydrogen-bond donors (Lipinski definition) is 0. The standard InChI is InChI=1S/C31H23/c1-23-22-28(24-14-6-2-7-15-24)30(26-18-10-4-11-19-26)31(27-20-12-5-13-21-27)29(23)25-16-8-3-9-17-25/h2-22H,1H2. The molecule has 0 N–H and O–H groups in total. The molecule has 0 spiro atoms. The number of rotatable bonds is 4. The summed E-state index contributed by atoms with van der Waals surface area (Å²) >= 11 is 0. The number of benzene rings is 5. The van der Waals surface area contributed by atoms with Crippen LogP contribution in [-0.4, -0.2) is 0 Å². The maximum Gasteiger partial charge on any atom is -0.00178 e. The summed E-state index contributed by atoms with van der Waals surface area (Å²) in [4.78, 5) is 0. The van der Waals surface area contributed by atoms with Crippen LogP contribution in [0.1, 0.15) is 5.56 Å². The molecule has 0 saturated carbocycles. The van der Waals surface area contributed by atoms with Gasteiger partial charge in [0.05, 0.1) is 0 Å². The fourth-order valence-electron chi connectivity index (χ4n) is 4.32. The van der Waals surface area contributed by atoms with E-state index in [1.807, 2.05) is 0 Å². The van der Waals surface area contributed by atoms with Gasteiger partial charge in [0.15, 0.2) is 0 Å². The van der Waals surface area contributed by atoms with Gasteiger partial charge in [0.25, 0.3) is 0 Å². The van der Waals surface area contributed by atoms with Crippen molar-refractivity contribution < 1.29 is 0 Å². The average Bonchev–Trinajstić information content (AvgIpc) is 2.85. The lowest BCUT2D eigenvalue weighted by atomic mass is 9.80. The van der Waals surface area contributed by atoms with Crippen LogP contribution in [0.5, 0.6) is 0 Å². The Kier molecular flexibility index (Phi) is 5.21. The zero-order valence-corrected chi connectivity index (χ0v) is 17.3. The summed E-state index contributed by atoms with van der Waals surface area (Å²) in [5.74, 6) is 0. The number of hydrogen-bond acceptors (Lipinski definition) is 0. The van der Waals surface area contributed by atoms with Gasteiger partial charge in [-0.25, -0.2) is 0 Å². The van der Waals surface area contributed by atoms with Gasteiger partial charge in [-0.3, -0.25) is 0 Å². The van der Waals surface area contributed by atoms with Gasteiger partial charge in [0, 0.05) is 0 Å². The van der Waals surface area contributed by atoms with Gasteiger partial charge in [-0.05, 0) is 63.1 Å². The molecule has 1 radical (unpaired) electrons. The SMILES string of the molecule is [CH2]c1cc(-c2ccccc2)c(-c2ccccc2)c(-c2ccccc2)c1-c1ccccc1. The van der Waals surface area contributed by atoms with Crippen molar-refractivity contribution in [2.75, 3.05) is 0 Å². The molecule has 0 heterocycles. The Hall–Kier alpha value is -3.90. The quantitative estimate of drug-likeness (QED) is 0.286. The molecule has 0 aliphatic carbocycles. The smallest absolute Gasteiger partial charge is 0.00178 e. The molecule has 0 fully saturated rings. The van der Waals surface area contributed by atoms with Crippen molar-refractivity contribution in [2.24, 2.45) is 0 Å². The maximum atomic E-state index is 4.50. The van der Waals surface area contributed by atoms with E-state index in [-0.39, 0.29) is 0 Å². The maximum absolute atomic E-state index is 4.50. The molecule has 0 atom stereocenters. The second-order valence-corrected chi connectivity index (χ2v) is 7.67. The lowest BCUT2D eigenvalue weighted by molar-refractivity contribution is 1.51. The molecule has 5 aromatic carbocycles. The van der Waals surface area contributed by atoms with Gasteiger partial charge in [0.1, 0.15) is 0 Å². The highest BCUT2D eigenvalue weighted by Crippen LogP contribution is 2.47. The van der Waals surface area contributed by atoms with Crippen molar-refractivity contribution in [3.05, 3.63) is 140 Å². The first-order chi connectivity index (χ1) is 15.3. The van der Waals surface area contributed by atoms with E-state index in [0.29, 0.717) is 0 Å². The van der Waals surface area contributed by atoms with Crippen molar-refractivity contribution in [2.45, 2.75) is 0 Å². The molecule has 0 bridgehead atoms. The molecule has 0 aromatic heterocycles. The fourth-order valence-corrected chi connectivity index (χ4v) is 4.32. The summed E-state index contributed by atoms with van der Waals surface area (Å²) in [6, 6.07) is 44.8.